The van der Waals surface area contributed by atoms with Crippen LogP contribution in [0.1, 0.15) is 11.5 Å². The first-order valence-corrected chi connectivity index (χ1v) is 8.35. The van der Waals surface area contributed by atoms with Crippen molar-refractivity contribution in [3.8, 4) is 5.82 Å². The van der Waals surface area contributed by atoms with Crippen LogP contribution in [-0.4, -0.2) is 65.8 Å². The van der Waals surface area contributed by atoms with Crippen molar-refractivity contribution in [1.82, 2.24) is 39.6 Å². The van der Waals surface area contributed by atoms with E-state index in [2.05, 4.69) is 35.2 Å². The molecule has 3 aromatic heterocycles. The molecule has 9 heteroatoms. The van der Waals surface area contributed by atoms with Crippen LogP contribution >= 0.6 is 0 Å². The number of aryl methyl sites for hydroxylation is 2. The molecule has 0 aromatic carbocycles. The van der Waals surface area contributed by atoms with Crippen LogP contribution in [-0.2, 0) is 13.6 Å². The standard InChI is InChI=1S/C16H21N9/c1-13-18-15(10-16(19-13)25-5-3-4-17-25)24-8-6-23(7-9-24)12-14-11-22(2)21-20-14/h3-5,10-11H,6-9,12H2,1-2H3. The summed E-state index contributed by atoms with van der Waals surface area (Å²) in [7, 11) is 1.89. The molecule has 1 aliphatic rings. The van der Waals surface area contributed by atoms with Crippen LogP contribution in [0.3, 0.4) is 0 Å². The molecule has 25 heavy (non-hydrogen) atoms. The molecule has 0 spiro atoms. The average Bonchev–Trinajstić information content (AvgIpc) is 3.27. The van der Waals surface area contributed by atoms with Gasteiger partial charge in [0.15, 0.2) is 5.82 Å². The summed E-state index contributed by atoms with van der Waals surface area (Å²) in [5.41, 5.74) is 1.01. The van der Waals surface area contributed by atoms with Gasteiger partial charge in [-0.3, -0.25) is 9.58 Å². The van der Waals surface area contributed by atoms with Crippen LogP contribution in [0.25, 0.3) is 5.82 Å². The zero-order valence-corrected chi connectivity index (χ0v) is 14.4. The summed E-state index contributed by atoms with van der Waals surface area (Å²) in [6, 6.07) is 3.89. The summed E-state index contributed by atoms with van der Waals surface area (Å²) < 4.78 is 3.51. The topological polar surface area (TPSA) is 80.8 Å². The Bertz CT molecular complexity index is 831. The summed E-state index contributed by atoms with van der Waals surface area (Å²) in [6.07, 6.45) is 5.61. The summed E-state index contributed by atoms with van der Waals surface area (Å²) in [5, 5.41) is 12.4. The smallest absolute Gasteiger partial charge is 0.159 e. The van der Waals surface area contributed by atoms with Crippen molar-refractivity contribution in [1.29, 1.82) is 0 Å². The van der Waals surface area contributed by atoms with Crippen molar-refractivity contribution < 1.29 is 0 Å². The van der Waals surface area contributed by atoms with E-state index < -0.39 is 0 Å². The van der Waals surface area contributed by atoms with Gasteiger partial charge in [0.05, 0.1) is 5.69 Å². The van der Waals surface area contributed by atoms with Crippen LogP contribution in [0.15, 0.2) is 30.7 Å². The number of aromatic nitrogens is 7. The highest BCUT2D eigenvalue weighted by Crippen LogP contribution is 2.17. The fourth-order valence-corrected chi connectivity index (χ4v) is 3.05. The van der Waals surface area contributed by atoms with Crippen LogP contribution in [0, 0.1) is 6.92 Å². The molecule has 1 fully saturated rings. The minimum atomic E-state index is 0.755. The first-order chi connectivity index (χ1) is 12.2. The molecule has 3 aromatic rings. The molecule has 0 radical (unpaired) electrons. The molecule has 0 saturated carbocycles. The molecule has 0 amide bonds. The molecule has 0 N–H and O–H groups in total. The molecular formula is C16H21N9. The minimum Gasteiger partial charge on any atom is -0.354 e. The third-order valence-electron chi connectivity index (χ3n) is 4.28. The van der Waals surface area contributed by atoms with Gasteiger partial charge < -0.3 is 4.90 Å². The summed E-state index contributed by atoms with van der Waals surface area (Å²) in [4.78, 5) is 13.8. The fraction of sp³-hybridized carbons (Fsp3) is 0.438. The highest BCUT2D eigenvalue weighted by Gasteiger charge is 2.20. The first kappa shape index (κ1) is 15.7. The number of nitrogens with zero attached hydrogens (tertiary/aromatic N) is 9. The molecule has 0 unspecified atom stereocenters. The molecule has 0 bridgehead atoms. The first-order valence-electron chi connectivity index (χ1n) is 8.35. The zero-order valence-electron chi connectivity index (χ0n) is 14.4. The number of rotatable bonds is 4. The van der Waals surface area contributed by atoms with Gasteiger partial charge >= 0.3 is 0 Å². The van der Waals surface area contributed by atoms with Gasteiger partial charge in [0.1, 0.15) is 11.6 Å². The number of anilines is 1. The highest BCUT2D eigenvalue weighted by molar-refractivity contribution is 5.44. The summed E-state index contributed by atoms with van der Waals surface area (Å²) in [5.74, 6) is 2.51. The lowest BCUT2D eigenvalue weighted by atomic mass is 10.3. The van der Waals surface area contributed by atoms with Gasteiger partial charge in [-0.25, -0.2) is 14.6 Å². The van der Waals surface area contributed by atoms with Gasteiger partial charge in [-0.05, 0) is 13.0 Å². The Morgan fingerprint density at radius 2 is 1.88 bits per heavy atom. The van der Waals surface area contributed by atoms with E-state index in [1.54, 1.807) is 15.6 Å². The maximum Gasteiger partial charge on any atom is 0.159 e. The Labute approximate surface area is 145 Å². The third kappa shape index (κ3) is 3.50. The summed E-state index contributed by atoms with van der Waals surface area (Å²) in [6.45, 7) is 6.54. The second-order valence-corrected chi connectivity index (χ2v) is 6.23. The van der Waals surface area contributed by atoms with Crippen molar-refractivity contribution in [3.05, 3.63) is 42.2 Å². The molecule has 1 saturated heterocycles. The lowest BCUT2D eigenvalue weighted by Crippen LogP contribution is -2.46. The van der Waals surface area contributed by atoms with Crippen LogP contribution in [0.5, 0.6) is 0 Å². The van der Waals surface area contributed by atoms with Gasteiger partial charge in [0.2, 0.25) is 0 Å². The Morgan fingerprint density at radius 3 is 2.56 bits per heavy atom. The zero-order chi connectivity index (χ0) is 17.2. The SMILES string of the molecule is Cc1nc(N2CCN(Cc3cn(C)nn3)CC2)cc(-n2cccn2)n1. The molecule has 4 heterocycles. The number of hydrogen-bond acceptors (Lipinski definition) is 7. The van der Waals surface area contributed by atoms with E-state index in [4.69, 9.17) is 0 Å². The lowest BCUT2D eigenvalue weighted by molar-refractivity contribution is 0.246. The van der Waals surface area contributed by atoms with E-state index in [0.29, 0.717) is 0 Å². The number of hydrogen-bond donors (Lipinski definition) is 0. The van der Waals surface area contributed by atoms with Crippen molar-refractivity contribution in [2.24, 2.45) is 7.05 Å². The summed E-state index contributed by atoms with van der Waals surface area (Å²) >= 11 is 0. The average molecular weight is 339 g/mol. The molecule has 1 aliphatic heterocycles. The van der Waals surface area contributed by atoms with E-state index in [1.165, 1.54) is 0 Å². The fourth-order valence-electron chi connectivity index (χ4n) is 3.05. The Morgan fingerprint density at radius 1 is 1.08 bits per heavy atom. The van der Waals surface area contributed by atoms with E-state index in [0.717, 1.165) is 55.9 Å². The minimum absolute atomic E-state index is 0.755. The second kappa shape index (κ2) is 6.60. The van der Waals surface area contributed by atoms with E-state index in [-0.39, 0.29) is 0 Å². The Balaban J connectivity index is 1.44. The van der Waals surface area contributed by atoms with Gasteiger partial charge in [0, 0.05) is 64.4 Å². The predicted molar refractivity (Wildman–Crippen MR) is 92.4 cm³/mol. The van der Waals surface area contributed by atoms with E-state index in [9.17, 15) is 0 Å². The van der Waals surface area contributed by atoms with Gasteiger partial charge in [0.25, 0.3) is 0 Å². The van der Waals surface area contributed by atoms with E-state index in [1.807, 2.05) is 38.5 Å². The number of piperazine rings is 1. The maximum absolute atomic E-state index is 4.61. The molecule has 4 rings (SSSR count). The van der Waals surface area contributed by atoms with Crippen molar-refractivity contribution in [2.75, 3.05) is 31.1 Å². The van der Waals surface area contributed by atoms with Crippen molar-refractivity contribution in [3.63, 3.8) is 0 Å². The quantitative estimate of drug-likeness (QED) is 0.681. The normalized spacial score (nSPS) is 15.7. The molecule has 0 aliphatic carbocycles. The molecule has 9 nitrogen and oxygen atoms in total. The monoisotopic (exact) mass is 339 g/mol. The van der Waals surface area contributed by atoms with Gasteiger partial charge in [-0.15, -0.1) is 5.10 Å². The second-order valence-electron chi connectivity index (χ2n) is 6.23. The van der Waals surface area contributed by atoms with Crippen LogP contribution < -0.4 is 4.90 Å². The lowest BCUT2D eigenvalue weighted by Gasteiger charge is -2.35. The Hall–Kier alpha value is -2.81. The van der Waals surface area contributed by atoms with Crippen molar-refractivity contribution in [2.45, 2.75) is 13.5 Å². The maximum atomic E-state index is 4.61. The Kier molecular flexibility index (Phi) is 4.14. The molecular weight excluding hydrogens is 318 g/mol. The molecule has 0 atom stereocenters. The van der Waals surface area contributed by atoms with Gasteiger partial charge in [-0.2, -0.15) is 5.10 Å². The highest BCUT2D eigenvalue weighted by atomic mass is 15.4. The largest absolute Gasteiger partial charge is 0.354 e. The predicted octanol–water partition coefficient (Wildman–Crippen LogP) is 0.421. The third-order valence-corrected chi connectivity index (χ3v) is 4.28. The van der Waals surface area contributed by atoms with E-state index >= 15 is 0 Å². The van der Waals surface area contributed by atoms with Crippen molar-refractivity contribution >= 4 is 5.82 Å². The van der Waals surface area contributed by atoms with Crippen LogP contribution in [0.2, 0.25) is 0 Å². The van der Waals surface area contributed by atoms with Crippen LogP contribution in [0.4, 0.5) is 5.82 Å². The molecule has 130 valence electrons. The van der Waals surface area contributed by atoms with Gasteiger partial charge in [-0.1, -0.05) is 5.21 Å².